The molecule has 3 saturated heterocycles. The molecule has 254 valence electrons. The highest BCUT2D eigenvalue weighted by atomic mass is 16.8. The van der Waals surface area contributed by atoms with E-state index >= 15 is 0 Å². The molecule has 3 heterocycles. The second-order valence-electron chi connectivity index (χ2n) is 12.5. The Balaban J connectivity index is 1.44. The van der Waals surface area contributed by atoms with Crippen molar-refractivity contribution in [2.24, 2.45) is 0 Å². The van der Waals surface area contributed by atoms with Gasteiger partial charge in [0, 0.05) is 14.2 Å². The van der Waals surface area contributed by atoms with E-state index in [1.807, 2.05) is 74.5 Å². The predicted molar refractivity (Wildman–Crippen MR) is 162 cm³/mol. The first kappa shape index (κ1) is 35.0. The van der Waals surface area contributed by atoms with E-state index in [-0.39, 0.29) is 13.2 Å². The van der Waals surface area contributed by atoms with Gasteiger partial charge >= 0.3 is 0 Å². The molecule has 3 fully saturated rings. The van der Waals surface area contributed by atoms with Crippen molar-refractivity contribution in [2.75, 3.05) is 27.4 Å². The number of aliphatic hydroxyl groups excluding tert-OH is 1. The molecule has 2 aromatic carbocycles. The van der Waals surface area contributed by atoms with Gasteiger partial charge in [0.15, 0.2) is 36.0 Å². The summed E-state index contributed by atoms with van der Waals surface area (Å²) >= 11 is 0. The van der Waals surface area contributed by atoms with Gasteiger partial charge in [-0.15, -0.1) is 0 Å². The number of carbonyl (C=O) groups is 1. The molecule has 0 aliphatic carbocycles. The Bertz CT molecular complexity index is 1240. The molecule has 0 saturated carbocycles. The normalized spacial score (nSPS) is 30.7. The number of carbonyl (C=O) groups excluding carboxylic acids is 1. The van der Waals surface area contributed by atoms with Crippen molar-refractivity contribution < 1.29 is 57.3 Å². The molecular weight excluding hydrogens is 600 g/mol. The predicted octanol–water partition coefficient (Wildman–Crippen LogP) is 3.12. The molecular formula is C34H46O12. The van der Waals surface area contributed by atoms with Gasteiger partial charge in [-0.25, -0.2) is 0 Å². The Morgan fingerprint density at radius 3 is 1.98 bits per heavy atom. The number of hydrogen-bond donors (Lipinski definition) is 1. The lowest BCUT2D eigenvalue weighted by Crippen LogP contribution is -2.61. The number of benzene rings is 2. The maximum atomic E-state index is 13.4. The highest BCUT2D eigenvalue weighted by Crippen LogP contribution is 2.41. The van der Waals surface area contributed by atoms with Gasteiger partial charge in [0.1, 0.15) is 43.2 Å². The van der Waals surface area contributed by atoms with Crippen LogP contribution in [0.3, 0.4) is 0 Å². The van der Waals surface area contributed by atoms with Gasteiger partial charge in [0.25, 0.3) is 0 Å². The lowest BCUT2D eigenvalue weighted by Gasteiger charge is -2.43. The minimum atomic E-state index is -1.35. The molecule has 0 bridgehead atoms. The maximum Gasteiger partial charge on any atom is 0.189 e. The van der Waals surface area contributed by atoms with Crippen molar-refractivity contribution in [2.45, 2.75) is 108 Å². The number of ketones is 1. The van der Waals surface area contributed by atoms with Crippen LogP contribution >= 0.6 is 0 Å². The first-order valence-electron chi connectivity index (χ1n) is 15.5. The van der Waals surface area contributed by atoms with Crippen LogP contribution in [-0.2, 0) is 65.4 Å². The largest absolute Gasteiger partial charge is 0.388 e. The van der Waals surface area contributed by atoms with Crippen LogP contribution in [0.5, 0.6) is 0 Å². The van der Waals surface area contributed by atoms with Crippen molar-refractivity contribution in [1.82, 2.24) is 0 Å². The smallest absolute Gasteiger partial charge is 0.189 e. The summed E-state index contributed by atoms with van der Waals surface area (Å²) in [5, 5.41) is 10.1. The van der Waals surface area contributed by atoms with Crippen LogP contribution in [0.1, 0.15) is 38.8 Å². The summed E-state index contributed by atoms with van der Waals surface area (Å²) in [6, 6.07) is 19.4. The van der Waals surface area contributed by atoms with E-state index in [1.165, 1.54) is 14.2 Å². The molecule has 12 heteroatoms. The zero-order chi connectivity index (χ0) is 32.9. The third-order valence-electron chi connectivity index (χ3n) is 8.06. The number of fused-ring (bicyclic) bond motifs is 1. The lowest BCUT2D eigenvalue weighted by atomic mass is 9.98. The van der Waals surface area contributed by atoms with Crippen molar-refractivity contribution in [3.8, 4) is 0 Å². The van der Waals surface area contributed by atoms with Gasteiger partial charge in [-0.2, -0.15) is 0 Å². The van der Waals surface area contributed by atoms with Gasteiger partial charge in [-0.05, 0) is 38.8 Å². The summed E-state index contributed by atoms with van der Waals surface area (Å²) in [7, 11) is 2.92. The van der Waals surface area contributed by atoms with Crippen molar-refractivity contribution >= 4 is 5.78 Å². The van der Waals surface area contributed by atoms with E-state index in [0.29, 0.717) is 6.61 Å². The fourth-order valence-corrected chi connectivity index (χ4v) is 6.09. The molecule has 0 spiro atoms. The molecule has 2 aromatic rings. The standard InChI is InChI=1S/C34H46O12/c1-33(2)43-26-24(20-39-18-21-13-9-7-10-14-21)41-32(29(28(26)45-33)40-19-22-15-11-8-12-16-22)42-25(23(36)17-35)27-30(31(37-5)38-6)46-34(3,4)44-27/h7-16,24-32,35H,17-20H2,1-6H3/t24-,25-,26+,27+,28+,29-,30-,32+/m1/s1. The summed E-state index contributed by atoms with van der Waals surface area (Å²) in [6.07, 6.45) is -8.02. The fraction of sp³-hybridized carbons (Fsp3) is 0.618. The summed E-state index contributed by atoms with van der Waals surface area (Å²) in [5.74, 6) is -2.71. The Hall–Kier alpha value is -2.33. The summed E-state index contributed by atoms with van der Waals surface area (Å²) in [6.45, 7) is 6.96. The van der Waals surface area contributed by atoms with Crippen LogP contribution in [0.15, 0.2) is 60.7 Å². The maximum absolute atomic E-state index is 13.4. The molecule has 3 aliphatic rings. The quantitative estimate of drug-likeness (QED) is 0.286. The van der Waals surface area contributed by atoms with E-state index in [2.05, 4.69) is 0 Å². The van der Waals surface area contributed by atoms with Gasteiger partial charge in [0.2, 0.25) is 0 Å². The topological polar surface area (TPSA) is 130 Å². The number of hydrogen-bond acceptors (Lipinski definition) is 12. The van der Waals surface area contributed by atoms with Gasteiger partial charge < -0.3 is 52.5 Å². The number of methoxy groups -OCH3 is 2. The highest BCUT2D eigenvalue weighted by molar-refractivity contribution is 5.84. The van der Waals surface area contributed by atoms with Crippen LogP contribution in [-0.4, -0.2) is 105 Å². The average Bonchev–Trinajstić information content (AvgIpc) is 3.54. The molecule has 0 amide bonds. The molecule has 5 rings (SSSR count). The Morgan fingerprint density at radius 2 is 1.37 bits per heavy atom. The Kier molecular flexibility index (Phi) is 11.6. The summed E-state index contributed by atoms with van der Waals surface area (Å²) in [4.78, 5) is 13.4. The third kappa shape index (κ3) is 8.38. The first-order chi connectivity index (χ1) is 22.0. The van der Waals surface area contributed by atoms with E-state index < -0.39 is 79.3 Å². The van der Waals surface area contributed by atoms with Crippen molar-refractivity contribution in [1.29, 1.82) is 0 Å². The zero-order valence-corrected chi connectivity index (χ0v) is 27.2. The number of ether oxygens (including phenoxy) is 10. The van der Waals surface area contributed by atoms with E-state index in [9.17, 15) is 9.90 Å². The van der Waals surface area contributed by atoms with Crippen LogP contribution in [0, 0.1) is 0 Å². The van der Waals surface area contributed by atoms with Crippen LogP contribution < -0.4 is 0 Å². The van der Waals surface area contributed by atoms with E-state index in [0.717, 1.165) is 11.1 Å². The Morgan fingerprint density at radius 1 is 0.804 bits per heavy atom. The molecule has 0 unspecified atom stereocenters. The average molecular weight is 647 g/mol. The number of Topliss-reactive ketones (excluding diaryl/α,β-unsaturated/α-hetero) is 1. The van der Waals surface area contributed by atoms with Crippen LogP contribution in [0.25, 0.3) is 0 Å². The van der Waals surface area contributed by atoms with Gasteiger partial charge in [-0.1, -0.05) is 60.7 Å². The second-order valence-corrected chi connectivity index (χ2v) is 12.5. The molecule has 1 N–H and O–H groups in total. The lowest BCUT2D eigenvalue weighted by molar-refractivity contribution is -0.312. The minimum Gasteiger partial charge on any atom is -0.388 e. The fourth-order valence-electron chi connectivity index (χ4n) is 6.09. The molecule has 12 nitrogen and oxygen atoms in total. The number of rotatable bonds is 15. The van der Waals surface area contributed by atoms with E-state index in [4.69, 9.17) is 47.4 Å². The number of aliphatic hydroxyl groups is 1. The molecule has 0 radical (unpaired) electrons. The molecule has 8 atom stereocenters. The zero-order valence-electron chi connectivity index (χ0n) is 27.2. The third-order valence-corrected chi connectivity index (χ3v) is 8.06. The van der Waals surface area contributed by atoms with Crippen LogP contribution in [0.2, 0.25) is 0 Å². The van der Waals surface area contributed by atoms with Crippen molar-refractivity contribution in [3.63, 3.8) is 0 Å². The summed E-state index contributed by atoms with van der Waals surface area (Å²) < 4.78 is 61.6. The van der Waals surface area contributed by atoms with E-state index in [1.54, 1.807) is 13.8 Å². The van der Waals surface area contributed by atoms with Crippen molar-refractivity contribution in [3.05, 3.63) is 71.8 Å². The highest BCUT2D eigenvalue weighted by Gasteiger charge is 2.58. The second kappa shape index (κ2) is 15.3. The van der Waals surface area contributed by atoms with Crippen LogP contribution in [0.4, 0.5) is 0 Å². The molecule has 3 aliphatic heterocycles. The van der Waals surface area contributed by atoms with Gasteiger partial charge in [0.05, 0.1) is 19.8 Å². The monoisotopic (exact) mass is 646 g/mol. The summed E-state index contributed by atoms with van der Waals surface area (Å²) in [5.41, 5.74) is 1.92. The SMILES string of the molecule is COC(OC)[C@@H]1OC(C)(C)O[C@H]1[C@H](O[C@@H]1O[C@H](COCc2ccccc2)[C@@H]2OC(C)(C)O[C@@H]2[C@H]1OCc1ccccc1)C(=O)CO. The van der Waals surface area contributed by atoms with Gasteiger partial charge in [-0.3, -0.25) is 4.79 Å². The minimum absolute atomic E-state index is 0.146. The molecule has 46 heavy (non-hydrogen) atoms. The Labute approximate surface area is 270 Å². The molecule has 0 aromatic heterocycles. The first-order valence-corrected chi connectivity index (χ1v) is 15.5.